The van der Waals surface area contributed by atoms with E-state index in [0.717, 1.165) is 5.56 Å². The van der Waals surface area contributed by atoms with Crippen LogP contribution in [-0.4, -0.2) is 19.4 Å². The first kappa shape index (κ1) is 11.4. The van der Waals surface area contributed by atoms with E-state index in [2.05, 4.69) is 5.32 Å². The number of nitrogens with one attached hydrogen (secondary N) is 1. The third-order valence-electron chi connectivity index (χ3n) is 2.59. The van der Waals surface area contributed by atoms with Crippen LogP contribution in [0.1, 0.15) is 25.5 Å². The molecule has 2 atom stereocenters. The molecule has 0 saturated carbocycles. The summed E-state index contributed by atoms with van der Waals surface area (Å²) in [6.07, 6.45) is -0.0418. The minimum absolute atomic E-state index is 0.0274. The van der Waals surface area contributed by atoms with Crippen LogP contribution in [0.2, 0.25) is 0 Å². The predicted octanol–water partition coefficient (Wildman–Crippen LogP) is 2.23. The summed E-state index contributed by atoms with van der Waals surface area (Å²) in [5.41, 5.74) is 0.845. The van der Waals surface area contributed by atoms with E-state index in [1.54, 1.807) is 6.07 Å². The molecular formula is C12H16FNO2. The number of ether oxygens (including phenoxy) is 2. The normalized spacial score (nSPS) is 24.7. The number of hydrogen-bond donors (Lipinski definition) is 1. The summed E-state index contributed by atoms with van der Waals surface area (Å²) >= 11 is 0. The van der Waals surface area contributed by atoms with Crippen molar-refractivity contribution in [1.82, 2.24) is 5.32 Å². The fourth-order valence-corrected chi connectivity index (χ4v) is 1.80. The summed E-state index contributed by atoms with van der Waals surface area (Å²) in [5, 5.41) is 3.15. The van der Waals surface area contributed by atoms with Gasteiger partial charge in [-0.2, -0.15) is 0 Å². The van der Waals surface area contributed by atoms with Gasteiger partial charge in [0.25, 0.3) is 0 Å². The molecule has 1 heterocycles. The van der Waals surface area contributed by atoms with Gasteiger partial charge in [-0.1, -0.05) is 6.07 Å². The Hall–Kier alpha value is -1.13. The van der Waals surface area contributed by atoms with Gasteiger partial charge in [0, 0.05) is 6.54 Å². The molecule has 1 aromatic carbocycles. The molecule has 2 unspecified atom stereocenters. The molecule has 88 valence electrons. The molecule has 1 aliphatic heterocycles. The molecule has 0 amide bonds. The maximum absolute atomic E-state index is 13.6. The summed E-state index contributed by atoms with van der Waals surface area (Å²) in [6.45, 7) is 4.95. The monoisotopic (exact) mass is 225 g/mol. The van der Waals surface area contributed by atoms with Crippen molar-refractivity contribution in [2.75, 3.05) is 13.2 Å². The third kappa shape index (κ3) is 2.33. The first-order chi connectivity index (χ1) is 7.70. The lowest BCUT2D eigenvalue weighted by Gasteiger charge is -2.11. The minimum Gasteiger partial charge on any atom is -0.491 e. The highest BCUT2D eigenvalue weighted by atomic mass is 19.1. The molecule has 0 spiro atoms. The first-order valence-corrected chi connectivity index (χ1v) is 5.51. The van der Waals surface area contributed by atoms with Crippen molar-refractivity contribution in [2.24, 2.45) is 0 Å². The van der Waals surface area contributed by atoms with Gasteiger partial charge in [0.15, 0.2) is 11.6 Å². The lowest BCUT2D eigenvalue weighted by atomic mass is 10.1. The summed E-state index contributed by atoms with van der Waals surface area (Å²) < 4.78 is 24.3. The van der Waals surface area contributed by atoms with Crippen molar-refractivity contribution >= 4 is 0 Å². The zero-order valence-corrected chi connectivity index (χ0v) is 9.50. The third-order valence-corrected chi connectivity index (χ3v) is 2.59. The smallest absolute Gasteiger partial charge is 0.165 e. The van der Waals surface area contributed by atoms with Crippen LogP contribution in [0.15, 0.2) is 18.2 Å². The van der Waals surface area contributed by atoms with Crippen molar-refractivity contribution in [3.05, 3.63) is 29.6 Å². The van der Waals surface area contributed by atoms with E-state index in [9.17, 15) is 4.39 Å². The van der Waals surface area contributed by atoms with Gasteiger partial charge in [-0.05, 0) is 31.5 Å². The number of benzene rings is 1. The van der Waals surface area contributed by atoms with E-state index in [-0.39, 0.29) is 18.1 Å². The van der Waals surface area contributed by atoms with Crippen molar-refractivity contribution in [3.8, 4) is 5.75 Å². The predicted molar refractivity (Wildman–Crippen MR) is 58.9 cm³/mol. The fourth-order valence-electron chi connectivity index (χ4n) is 1.80. The molecular weight excluding hydrogens is 209 g/mol. The van der Waals surface area contributed by atoms with Crippen molar-refractivity contribution in [2.45, 2.75) is 26.2 Å². The molecule has 0 radical (unpaired) electrons. The number of hydrogen-bond acceptors (Lipinski definition) is 3. The Morgan fingerprint density at radius 2 is 2.38 bits per heavy atom. The molecule has 3 nitrogen and oxygen atoms in total. The average Bonchev–Trinajstić information content (AvgIpc) is 2.68. The maximum Gasteiger partial charge on any atom is 0.165 e. The lowest BCUT2D eigenvalue weighted by molar-refractivity contribution is 0.0527. The Bertz CT molecular complexity index is 370. The maximum atomic E-state index is 13.6. The van der Waals surface area contributed by atoms with Crippen molar-refractivity contribution in [3.63, 3.8) is 0 Å². The van der Waals surface area contributed by atoms with E-state index in [4.69, 9.17) is 9.47 Å². The van der Waals surface area contributed by atoms with Crippen molar-refractivity contribution in [1.29, 1.82) is 0 Å². The fraction of sp³-hybridized carbons (Fsp3) is 0.500. The van der Waals surface area contributed by atoms with Crippen LogP contribution in [0.25, 0.3) is 0 Å². The Balaban J connectivity index is 2.14. The summed E-state index contributed by atoms with van der Waals surface area (Å²) in [7, 11) is 0. The average molecular weight is 225 g/mol. The molecule has 2 rings (SSSR count). The van der Waals surface area contributed by atoms with Crippen LogP contribution in [0, 0.1) is 5.82 Å². The Labute approximate surface area is 94.6 Å². The molecule has 4 heteroatoms. The molecule has 1 saturated heterocycles. The highest BCUT2D eigenvalue weighted by Crippen LogP contribution is 2.26. The molecule has 1 N–H and O–H groups in total. The zero-order valence-electron chi connectivity index (χ0n) is 9.50. The molecule has 0 bridgehead atoms. The second kappa shape index (κ2) is 4.80. The SMILES string of the molecule is CCOc1ccc(C2CNC(C)O2)cc1F. The van der Waals surface area contributed by atoms with Gasteiger partial charge in [-0.15, -0.1) is 0 Å². The van der Waals surface area contributed by atoms with E-state index in [0.29, 0.717) is 18.9 Å². The van der Waals surface area contributed by atoms with Gasteiger partial charge < -0.3 is 9.47 Å². The van der Waals surface area contributed by atoms with Crippen LogP contribution in [0.3, 0.4) is 0 Å². The largest absolute Gasteiger partial charge is 0.491 e. The molecule has 0 aromatic heterocycles. The summed E-state index contributed by atoms with van der Waals surface area (Å²) in [6, 6.07) is 4.98. The molecule has 1 aromatic rings. The van der Waals surface area contributed by atoms with Gasteiger partial charge in [0.05, 0.1) is 12.7 Å². The van der Waals surface area contributed by atoms with Gasteiger partial charge in [0.2, 0.25) is 0 Å². The van der Waals surface area contributed by atoms with Crippen LogP contribution in [0.5, 0.6) is 5.75 Å². The minimum atomic E-state index is -0.331. The lowest BCUT2D eigenvalue weighted by Crippen LogP contribution is -2.17. The van der Waals surface area contributed by atoms with Crippen LogP contribution in [-0.2, 0) is 4.74 Å². The first-order valence-electron chi connectivity index (χ1n) is 5.51. The quantitative estimate of drug-likeness (QED) is 0.855. The number of halogens is 1. The second-order valence-electron chi connectivity index (χ2n) is 3.80. The van der Waals surface area contributed by atoms with Gasteiger partial charge >= 0.3 is 0 Å². The second-order valence-corrected chi connectivity index (χ2v) is 3.80. The molecule has 16 heavy (non-hydrogen) atoms. The van der Waals surface area contributed by atoms with E-state index in [1.165, 1.54) is 6.07 Å². The highest BCUT2D eigenvalue weighted by Gasteiger charge is 2.23. The Morgan fingerprint density at radius 3 is 2.94 bits per heavy atom. The standard InChI is InChI=1S/C12H16FNO2/c1-3-15-11-5-4-9(6-10(11)13)12-7-14-8(2)16-12/h4-6,8,12,14H,3,7H2,1-2H3. The van der Waals surface area contributed by atoms with Gasteiger partial charge in [-0.3, -0.25) is 5.32 Å². The van der Waals surface area contributed by atoms with Crippen LogP contribution >= 0.6 is 0 Å². The highest BCUT2D eigenvalue weighted by molar-refractivity contribution is 5.31. The van der Waals surface area contributed by atoms with Gasteiger partial charge in [0.1, 0.15) is 6.23 Å². The number of rotatable bonds is 3. The Morgan fingerprint density at radius 1 is 1.56 bits per heavy atom. The Kier molecular flexibility index (Phi) is 3.41. The molecule has 0 aliphatic carbocycles. The van der Waals surface area contributed by atoms with Crippen LogP contribution in [0.4, 0.5) is 4.39 Å². The topological polar surface area (TPSA) is 30.5 Å². The zero-order chi connectivity index (χ0) is 11.5. The van der Waals surface area contributed by atoms with E-state index >= 15 is 0 Å². The van der Waals surface area contributed by atoms with E-state index < -0.39 is 0 Å². The van der Waals surface area contributed by atoms with Gasteiger partial charge in [-0.25, -0.2) is 4.39 Å². The molecule has 1 aliphatic rings. The van der Waals surface area contributed by atoms with Crippen molar-refractivity contribution < 1.29 is 13.9 Å². The summed E-state index contributed by atoms with van der Waals surface area (Å²) in [4.78, 5) is 0. The van der Waals surface area contributed by atoms with Crippen LogP contribution < -0.4 is 10.1 Å². The van der Waals surface area contributed by atoms with E-state index in [1.807, 2.05) is 19.9 Å². The molecule has 1 fully saturated rings. The summed E-state index contributed by atoms with van der Waals surface area (Å²) in [5.74, 6) is -0.0345.